The molecule has 0 bridgehead atoms. The highest BCUT2D eigenvalue weighted by Crippen LogP contribution is 2.26. The second-order valence-corrected chi connectivity index (χ2v) is 6.32. The van der Waals surface area contributed by atoms with Crippen molar-refractivity contribution < 1.29 is 9.53 Å². The third-order valence-electron chi connectivity index (χ3n) is 4.36. The fraction of sp³-hybridized carbons (Fsp3) is 0.389. The fourth-order valence-corrected chi connectivity index (χ4v) is 2.94. The van der Waals surface area contributed by atoms with E-state index in [4.69, 9.17) is 4.74 Å². The molecule has 0 saturated heterocycles. The Labute approximate surface area is 144 Å². The number of ether oxygens (including phenoxy) is 1. The summed E-state index contributed by atoms with van der Waals surface area (Å²) in [5, 5.41) is 2.87. The third kappa shape index (κ3) is 4.17. The van der Waals surface area contributed by atoms with Crippen molar-refractivity contribution in [2.45, 2.75) is 26.3 Å². The van der Waals surface area contributed by atoms with Crippen molar-refractivity contribution in [3.05, 3.63) is 62.4 Å². The van der Waals surface area contributed by atoms with E-state index in [-0.39, 0.29) is 18.4 Å². The van der Waals surface area contributed by atoms with E-state index in [0.717, 1.165) is 24.2 Å². The molecule has 0 fully saturated rings. The standard InChI is InChI=1S/C18H21N3O4/c1-12-10-21(18(24)20-17(12)23)11-16(22)19-9-13-6-7-25-15-5-3-2-4-14(15)8-13/h2-5,10,13H,6-9,11H2,1H3,(H,19,22)(H,20,23,24)/t13-/m0/s1. The lowest BCUT2D eigenvalue weighted by Gasteiger charge is -2.15. The van der Waals surface area contributed by atoms with Crippen LogP contribution in [0.3, 0.4) is 0 Å². The summed E-state index contributed by atoms with van der Waals surface area (Å²) in [7, 11) is 0. The largest absolute Gasteiger partial charge is 0.493 e. The van der Waals surface area contributed by atoms with E-state index in [9.17, 15) is 14.4 Å². The van der Waals surface area contributed by atoms with Crippen molar-refractivity contribution >= 4 is 5.91 Å². The van der Waals surface area contributed by atoms with Crippen molar-refractivity contribution in [3.63, 3.8) is 0 Å². The molecule has 2 heterocycles. The van der Waals surface area contributed by atoms with E-state index in [1.165, 1.54) is 10.8 Å². The van der Waals surface area contributed by atoms with E-state index >= 15 is 0 Å². The van der Waals surface area contributed by atoms with Crippen molar-refractivity contribution in [2.24, 2.45) is 5.92 Å². The SMILES string of the molecule is Cc1cn(CC(=O)NC[C@H]2CCOc3ccccc3C2)c(=O)[nH]c1=O. The molecule has 1 aromatic carbocycles. The Morgan fingerprint density at radius 1 is 1.36 bits per heavy atom. The van der Waals surface area contributed by atoms with Gasteiger partial charge in [0.1, 0.15) is 12.3 Å². The second-order valence-electron chi connectivity index (χ2n) is 6.32. The molecule has 1 aliphatic heterocycles. The third-order valence-corrected chi connectivity index (χ3v) is 4.36. The van der Waals surface area contributed by atoms with Crippen molar-refractivity contribution in [3.8, 4) is 5.75 Å². The first kappa shape index (κ1) is 17.0. The number of amides is 1. The number of benzene rings is 1. The number of fused-ring (bicyclic) bond motifs is 1. The van der Waals surface area contributed by atoms with E-state index < -0.39 is 11.2 Å². The molecule has 7 heteroatoms. The van der Waals surface area contributed by atoms with Crippen LogP contribution in [0.25, 0.3) is 0 Å². The van der Waals surface area contributed by atoms with Crippen LogP contribution in [0, 0.1) is 12.8 Å². The Morgan fingerprint density at radius 3 is 3.00 bits per heavy atom. The van der Waals surface area contributed by atoms with Gasteiger partial charge >= 0.3 is 5.69 Å². The molecule has 2 aromatic rings. The molecule has 7 nitrogen and oxygen atoms in total. The summed E-state index contributed by atoms with van der Waals surface area (Å²) in [5.41, 5.74) is 0.526. The number of carbonyl (C=O) groups is 1. The van der Waals surface area contributed by atoms with E-state index in [1.807, 2.05) is 24.3 Å². The minimum Gasteiger partial charge on any atom is -0.493 e. The van der Waals surface area contributed by atoms with Gasteiger partial charge in [-0.15, -0.1) is 0 Å². The lowest BCUT2D eigenvalue weighted by atomic mass is 9.97. The molecular weight excluding hydrogens is 322 g/mol. The number of carbonyl (C=O) groups excluding carboxylic acids is 1. The van der Waals surface area contributed by atoms with Gasteiger partial charge in [0.15, 0.2) is 0 Å². The summed E-state index contributed by atoms with van der Waals surface area (Å²) in [6.07, 6.45) is 3.09. The van der Waals surface area contributed by atoms with Crippen LogP contribution in [0.15, 0.2) is 40.1 Å². The first-order valence-corrected chi connectivity index (χ1v) is 8.30. The quantitative estimate of drug-likeness (QED) is 0.850. The lowest BCUT2D eigenvalue weighted by molar-refractivity contribution is -0.121. The Kier molecular flexibility index (Phi) is 5.02. The van der Waals surface area contributed by atoms with Gasteiger partial charge in [0.05, 0.1) is 6.61 Å². The Bertz CT molecular complexity index is 884. The molecule has 1 amide bonds. The molecule has 1 aliphatic rings. The fourth-order valence-electron chi connectivity index (χ4n) is 2.94. The minimum atomic E-state index is -0.581. The number of aromatic nitrogens is 2. The maximum atomic E-state index is 12.1. The van der Waals surface area contributed by atoms with Crippen molar-refractivity contribution in [1.29, 1.82) is 0 Å². The van der Waals surface area contributed by atoms with Crippen molar-refractivity contribution in [2.75, 3.05) is 13.2 Å². The zero-order valence-corrected chi connectivity index (χ0v) is 14.1. The molecule has 0 aliphatic carbocycles. The monoisotopic (exact) mass is 343 g/mol. The number of H-pyrrole nitrogens is 1. The van der Waals surface area contributed by atoms with Gasteiger partial charge in [-0.25, -0.2) is 4.79 Å². The normalized spacial score (nSPS) is 16.4. The summed E-state index contributed by atoms with van der Waals surface area (Å²) in [6, 6.07) is 7.93. The maximum Gasteiger partial charge on any atom is 0.328 e. The summed E-state index contributed by atoms with van der Waals surface area (Å²) >= 11 is 0. The number of rotatable bonds is 4. The van der Waals surface area contributed by atoms with Gasteiger partial charge in [-0.2, -0.15) is 0 Å². The first-order chi connectivity index (χ1) is 12.0. The summed E-state index contributed by atoms with van der Waals surface area (Å²) in [4.78, 5) is 37.4. The van der Waals surface area contributed by atoms with Crippen LogP contribution < -0.4 is 21.3 Å². The van der Waals surface area contributed by atoms with Gasteiger partial charge in [-0.1, -0.05) is 18.2 Å². The summed E-state index contributed by atoms with van der Waals surface area (Å²) in [5.74, 6) is 0.931. The predicted octanol–water partition coefficient (Wildman–Crippen LogP) is 0.603. The average molecular weight is 343 g/mol. The minimum absolute atomic E-state index is 0.115. The molecule has 3 rings (SSSR count). The summed E-state index contributed by atoms with van der Waals surface area (Å²) < 4.78 is 6.94. The van der Waals surface area contributed by atoms with Gasteiger partial charge < -0.3 is 10.1 Å². The van der Waals surface area contributed by atoms with Gasteiger partial charge in [-0.05, 0) is 37.3 Å². The smallest absolute Gasteiger partial charge is 0.328 e. The number of para-hydroxylation sites is 1. The number of nitrogens with one attached hydrogen (secondary N) is 2. The van der Waals surface area contributed by atoms with Gasteiger partial charge in [0.2, 0.25) is 5.91 Å². The molecule has 132 valence electrons. The van der Waals surface area contributed by atoms with Gasteiger partial charge in [0, 0.05) is 18.3 Å². The van der Waals surface area contributed by atoms with Crippen LogP contribution >= 0.6 is 0 Å². The predicted molar refractivity (Wildman–Crippen MR) is 92.8 cm³/mol. The highest BCUT2D eigenvalue weighted by Gasteiger charge is 2.18. The Morgan fingerprint density at radius 2 is 2.16 bits per heavy atom. The van der Waals surface area contributed by atoms with Crippen LogP contribution in [0.2, 0.25) is 0 Å². The van der Waals surface area contributed by atoms with Gasteiger partial charge in [-0.3, -0.25) is 19.1 Å². The van der Waals surface area contributed by atoms with Crippen LogP contribution in [0.1, 0.15) is 17.5 Å². The van der Waals surface area contributed by atoms with Crippen LogP contribution in [-0.2, 0) is 17.8 Å². The zero-order chi connectivity index (χ0) is 17.8. The zero-order valence-electron chi connectivity index (χ0n) is 14.1. The highest BCUT2D eigenvalue weighted by atomic mass is 16.5. The number of hydrogen-bond acceptors (Lipinski definition) is 4. The molecule has 25 heavy (non-hydrogen) atoms. The van der Waals surface area contributed by atoms with E-state index in [0.29, 0.717) is 18.7 Å². The Balaban J connectivity index is 1.59. The second kappa shape index (κ2) is 7.38. The van der Waals surface area contributed by atoms with E-state index in [1.54, 1.807) is 6.92 Å². The number of aromatic amines is 1. The molecule has 2 N–H and O–H groups in total. The Hall–Kier alpha value is -2.83. The molecular formula is C18H21N3O4. The number of nitrogens with zero attached hydrogens (tertiary/aromatic N) is 1. The number of hydrogen-bond donors (Lipinski definition) is 2. The van der Waals surface area contributed by atoms with Gasteiger partial charge in [0.25, 0.3) is 5.56 Å². The molecule has 0 saturated carbocycles. The highest BCUT2D eigenvalue weighted by molar-refractivity contribution is 5.75. The lowest BCUT2D eigenvalue weighted by Crippen LogP contribution is -2.38. The molecule has 1 aromatic heterocycles. The van der Waals surface area contributed by atoms with Crippen LogP contribution in [-0.4, -0.2) is 28.6 Å². The molecule has 0 radical (unpaired) electrons. The summed E-state index contributed by atoms with van der Waals surface area (Å²) in [6.45, 7) is 2.62. The molecule has 1 atom stereocenters. The number of aryl methyl sites for hydroxylation is 1. The average Bonchev–Trinajstić information content (AvgIpc) is 2.79. The van der Waals surface area contributed by atoms with Crippen LogP contribution in [0.4, 0.5) is 0 Å². The van der Waals surface area contributed by atoms with Crippen molar-refractivity contribution in [1.82, 2.24) is 14.9 Å². The molecule has 0 spiro atoms. The van der Waals surface area contributed by atoms with E-state index in [2.05, 4.69) is 10.3 Å². The van der Waals surface area contributed by atoms with Crippen LogP contribution in [0.5, 0.6) is 5.75 Å². The topological polar surface area (TPSA) is 93.2 Å². The first-order valence-electron chi connectivity index (χ1n) is 8.30. The maximum absolute atomic E-state index is 12.1. The molecule has 0 unspecified atom stereocenters.